The van der Waals surface area contributed by atoms with Gasteiger partial charge in [0, 0.05) is 27.7 Å². The number of alkyl halides is 2. The maximum Gasteiger partial charge on any atom is 0.257 e. The third-order valence-corrected chi connectivity index (χ3v) is 6.94. The Balaban J connectivity index is 1.52. The van der Waals surface area contributed by atoms with Crippen molar-refractivity contribution in [3.8, 4) is 0 Å². The monoisotopic (exact) mass is 562 g/mol. The van der Waals surface area contributed by atoms with Crippen molar-refractivity contribution in [2.75, 3.05) is 10.6 Å². The molecule has 0 bridgehead atoms. The Morgan fingerprint density at radius 1 is 0.853 bits per heavy atom. The maximum atomic E-state index is 13.9. The molecular formula is C23H13Cl5F2N2O2. The summed E-state index contributed by atoms with van der Waals surface area (Å²) >= 11 is 30.9. The Bertz CT molecular complexity index is 1300. The zero-order valence-corrected chi connectivity index (χ0v) is 20.6. The molecule has 0 unspecified atom stereocenters. The first kappa shape index (κ1) is 25.0. The van der Waals surface area contributed by atoms with Crippen molar-refractivity contribution >= 4 is 81.2 Å². The third-order valence-electron chi connectivity index (χ3n) is 5.24. The molecule has 11 heteroatoms. The molecule has 3 aromatic carbocycles. The highest BCUT2D eigenvalue weighted by atomic mass is 35.5. The van der Waals surface area contributed by atoms with Gasteiger partial charge >= 0.3 is 0 Å². The molecular weight excluding hydrogens is 552 g/mol. The van der Waals surface area contributed by atoms with Gasteiger partial charge in [-0.2, -0.15) is 0 Å². The van der Waals surface area contributed by atoms with Gasteiger partial charge in [0.15, 0.2) is 0 Å². The van der Waals surface area contributed by atoms with E-state index in [4.69, 9.17) is 58.0 Å². The molecule has 4 nitrogen and oxygen atoms in total. The molecule has 0 aromatic heterocycles. The predicted octanol–water partition coefficient (Wildman–Crippen LogP) is 7.70. The Labute approximate surface area is 218 Å². The predicted molar refractivity (Wildman–Crippen MR) is 132 cm³/mol. The van der Waals surface area contributed by atoms with Crippen LogP contribution in [-0.2, 0) is 4.79 Å². The first-order chi connectivity index (χ1) is 16.0. The number of benzene rings is 3. The lowest BCUT2D eigenvalue weighted by Crippen LogP contribution is -2.18. The summed E-state index contributed by atoms with van der Waals surface area (Å²) in [6.45, 7) is 0. The summed E-state index contributed by atoms with van der Waals surface area (Å²) in [5.74, 6) is -4.35. The molecule has 0 radical (unpaired) electrons. The minimum atomic E-state index is -1.38. The second-order valence-corrected chi connectivity index (χ2v) is 10.3. The van der Waals surface area contributed by atoms with Crippen molar-refractivity contribution in [3.63, 3.8) is 0 Å². The van der Waals surface area contributed by atoms with Crippen LogP contribution in [0.15, 0.2) is 54.6 Å². The van der Waals surface area contributed by atoms with Gasteiger partial charge in [-0.25, -0.2) is 8.78 Å². The SMILES string of the molecule is O=C(Nc1ccc(F)cc1F)c1cc(NC(=O)[C@@H]2[C@@H](c3cc(Cl)cc(Cl)c3)C2(Cl)Cl)ccc1Cl. The van der Waals surface area contributed by atoms with Crippen molar-refractivity contribution in [2.24, 2.45) is 5.92 Å². The lowest BCUT2D eigenvalue weighted by molar-refractivity contribution is -0.117. The third kappa shape index (κ3) is 5.11. The van der Waals surface area contributed by atoms with E-state index >= 15 is 0 Å². The molecule has 176 valence electrons. The number of carbonyl (C=O) groups is 2. The average Bonchev–Trinajstić information content (AvgIpc) is 3.33. The summed E-state index contributed by atoms with van der Waals surface area (Å²) in [5.41, 5.74) is 0.574. The lowest BCUT2D eigenvalue weighted by atomic mass is 10.1. The Kier molecular flexibility index (Phi) is 7.00. The van der Waals surface area contributed by atoms with Gasteiger partial charge in [-0.3, -0.25) is 9.59 Å². The highest BCUT2D eigenvalue weighted by molar-refractivity contribution is 6.53. The van der Waals surface area contributed by atoms with Crippen molar-refractivity contribution < 1.29 is 18.4 Å². The molecule has 0 spiro atoms. The van der Waals surface area contributed by atoms with Crippen LogP contribution in [0.2, 0.25) is 15.1 Å². The zero-order valence-electron chi connectivity index (χ0n) is 16.8. The second kappa shape index (κ2) is 9.51. The van der Waals surface area contributed by atoms with Gasteiger partial charge in [0.25, 0.3) is 5.91 Å². The van der Waals surface area contributed by atoms with E-state index < -0.39 is 39.6 Å². The number of anilines is 2. The number of carbonyl (C=O) groups excluding carboxylic acids is 2. The average molecular weight is 565 g/mol. The van der Waals surface area contributed by atoms with Gasteiger partial charge in [0.1, 0.15) is 16.0 Å². The van der Waals surface area contributed by atoms with Crippen LogP contribution < -0.4 is 10.6 Å². The number of amides is 2. The van der Waals surface area contributed by atoms with E-state index in [2.05, 4.69) is 10.6 Å². The van der Waals surface area contributed by atoms with Crippen LogP contribution in [0.4, 0.5) is 20.2 Å². The van der Waals surface area contributed by atoms with Crippen LogP contribution in [0.3, 0.4) is 0 Å². The molecule has 0 aliphatic heterocycles. The molecule has 1 aliphatic rings. The quantitative estimate of drug-likeness (QED) is 0.312. The minimum absolute atomic E-state index is 0.0415. The van der Waals surface area contributed by atoms with Gasteiger partial charge < -0.3 is 10.6 Å². The Morgan fingerprint density at radius 3 is 2.18 bits per heavy atom. The number of rotatable bonds is 5. The van der Waals surface area contributed by atoms with Crippen molar-refractivity contribution in [1.29, 1.82) is 0 Å². The highest BCUT2D eigenvalue weighted by Crippen LogP contribution is 2.65. The normalized spacial score (nSPS) is 18.3. The molecule has 3 aromatic rings. The van der Waals surface area contributed by atoms with E-state index in [1.807, 2.05) is 0 Å². The Morgan fingerprint density at radius 2 is 1.53 bits per heavy atom. The van der Waals surface area contributed by atoms with Crippen LogP contribution in [0.1, 0.15) is 21.8 Å². The number of halogens is 7. The van der Waals surface area contributed by atoms with E-state index in [0.29, 0.717) is 21.7 Å². The van der Waals surface area contributed by atoms with Gasteiger partial charge in [0.2, 0.25) is 5.91 Å². The van der Waals surface area contributed by atoms with Crippen LogP contribution in [-0.4, -0.2) is 16.1 Å². The number of nitrogens with one attached hydrogen (secondary N) is 2. The summed E-state index contributed by atoms with van der Waals surface area (Å²) in [5, 5.41) is 5.79. The van der Waals surface area contributed by atoms with E-state index in [-0.39, 0.29) is 22.0 Å². The standard InChI is InChI=1S/C23H13Cl5F2N2O2/c24-11-5-10(6-12(25)7-11)19-20(23(19,27)28)22(34)31-14-2-3-16(26)15(9-14)21(33)32-18-4-1-13(29)8-17(18)30/h1-9,19-20H,(H,31,34)(H,32,33)/t19-,20+/m1/s1. The van der Waals surface area contributed by atoms with Gasteiger partial charge in [-0.05, 0) is 54.1 Å². The van der Waals surface area contributed by atoms with E-state index in [9.17, 15) is 18.4 Å². The zero-order chi connectivity index (χ0) is 24.8. The fourth-order valence-corrected chi connectivity index (χ4v) is 5.17. The van der Waals surface area contributed by atoms with Gasteiger partial charge in [-0.1, -0.05) is 34.8 Å². The molecule has 1 saturated carbocycles. The Hall–Kier alpha value is -2.09. The fourth-order valence-electron chi connectivity index (χ4n) is 3.60. The fraction of sp³-hybridized carbons (Fsp3) is 0.130. The number of hydrogen-bond acceptors (Lipinski definition) is 2. The van der Waals surface area contributed by atoms with Crippen molar-refractivity contribution in [3.05, 3.63) is 92.4 Å². The second-order valence-electron chi connectivity index (χ2n) is 7.59. The van der Waals surface area contributed by atoms with Gasteiger partial charge in [-0.15, -0.1) is 23.2 Å². The van der Waals surface area contributed by atoms with E-state index in [1.165, 1.54) is 18.2 Å². The van der Waals surface area contributed by atoms with Crippen molar-refractivity contribution in [2.45, 2.75) is 10.3 Å². The smallest absolute Gasteiger partial charge is 0.257 e. The lowest BCUT2D eigenvalue weighted by Gasteiger charge is -2.11. The number of hydrogen-bond donors (Lipinski definition) is 2. The summed E-state index contributed by atoms with van der Waals surface area (Å²) in [4.78, 5) is 25.5. The van der Waals surface area contributed by atoms with Crippen LogP contribution in [0.25, 0.3) is 0 Å². The molecule has 34 heavy (non-hydrogen) atoms. The summed E-state index contributed by atoms with van der Waals surface area (Å²) < 4.78 is 25.6. The van der Waals surface area contributed by atoms with E-state index in [1.54, 1.807) is 18.2 Å². The van der Waals surface area contributed by atoms with Crippen LogP contribution in [0, 0.1) is 17.6 Å². The molecule has 2 N–H and O–H groups in total. The summed E-state index contributed by atoms with van der Waals surface area (Å²) in [6.07, 6.45) is 0. The maximum absolute atomic E-state index is 13.9. The molecule has 1 fully saturated rings. The highest BCUT2D eigenvalue weighted by Gasteiger charge is 2.67. The molecule has 2 atom stereocenters. The summed E-state index contributed by atoms with van der Waals surface area (Å²) in [6, 6.07) is 11.7. The topological polar surface area (TPSA) is 58.2 Å². The van der Waals surface area contributed by atoms with Gasteiger partial charge in [0.05, 0.1) is 22.2 Å². The van der Waals surface area contributed by atoms with E-state index in [0.717, 1.165) is 12.1 Å². The molecule has 0 heterocycles. The first-order valence-corrected chi connectivity index (χ1v) is 11.6. The van der Waals surface area contributed by atoms with Crippen LogP contribution in [0.5, 0.6) is 0 Å². The minimum Gasteiger partial charge on any atom is -0.326 e. The summed E-state index contributed by atoms with van der Waals surface area (Å²) in [7, 11) is 0. The first-order valence-electron chi connectivity index (χ1n) is 9.68. The molecule has 0 saturated heterocycles. The van der Waals surface area contributed by atoms with Crippen molar-refractivity contribution in [1.82, 2.24) is 0 Å². The largest absolute Gasteiger partial charge is 0.326 e. The molecule has 2 amide bonds. The molecule has 4 rings (SSSR count). The molecule has 1 aliphatic carbocycles. The van der Waals surface area contributed by atoms with Crippen LogP contribution >= 0.6 is 58.0 Å².